The second kappa shape index (κ2) is 9.23. The lowest BCUT2D eigenvalue weighted by Gasteiger charge is -2.28. The number of rotatable bonds is 3. The van der Waals surface area contributed by atoms with Crippen LogP contribution in [0.25, 0.3) is 11.1 Å². The highest BCUT2D eigenvalue weighted by Gasteiger charge is 2.26. The van der Waals surface area contributed by atoms with E-state index in [1.165, 1.54) is 59.7 Å². The van der Waals surface area contributed by atoms with Gasteiger partial charge in [0.2, 0.25) is 0 Å². The van der Waals surface area contributed by atoms with E-state index in [1.807, 2.05) is 11.8 Å². The van der Waals surface area contributed by atoms with Crippen LogP contribution in [-0.2, 0) is 0 Å². The Morgan fingerprint density at radius 3 is 2.82 bits per heavy atom. The Morgan fingerprint density at radius 1 is 1.07 bits per heavy atom. The van der Waals surface area contributed by atoms with Gasteiger partial charge >= 0.3 is 0 Å². The number of ether oxygens (including phenoxy) is 1. The number of anilines is 1. The zero-order valence-electron chi connectivity index (χ0n) is 17.2. The van der Waals surface area contributed by atoms with E-state index in [0.717, 1.165) is 18.8 Å². The zero-order valence-corrected chi connectivity index (χ0v) is 18.0. The van der Waals surface area contributed by atoms with Gasteiger partial charge in [0.1, 0.15) is 5.75 Å². The molecule has 4 heteroatoms. The Labute approximate surface area is 173 Å². The molecule has 0 saturated heterocycles. The van der Waals surface area contributed by atoms with Gasteiger partial charge in [0, 0.05) is 34.8 Å². The van der Waals surface area contributed by atoms with Crippen LogP contribution < -0.4 is 10.1 Å². The van der Waals surface area contributed by atoms with Gasteiger partial charge in [-0.25, -0.2) is 0 Å². The van der Waals surface area contributed by atoms with Crippen molar-refractivity contribution in [3.63, 3.8) is 0 Å². The summed E-state index contributed by atoms with van der Waals surface area (Å²) >= 11 is 2.04. The summed E-state index contributed by atoms with van der Waals surface area (Å²) in [5.41, 5.74) is 5.40. The number of thioether (sulfide) groups is 1. The van der Waals surface area contributed by atoms with Gasteiger partial charge in [-0.05, 0) is 75.6 Å². The van der Waals surface area contributed by atoms with Crippen molar-refractivity contribution in [3.05, 3.63) is 42.0 Å². The number of para-hydroxylation sites is 1. The van der Waals surface area contributed by atoms with Gasteiger partial charge in [-0.2, -0.15) is 0 Å². The van der Waals surface area contributed by atoms with Gasteiger partial charge in [0.25, 0.3) is 0 Å². The standard InChI is InChI=1S/C24H32N2OS/c1-3-27-21-11-5-4-10-19(21)20-12-13-22-23-18(9-7-17-28-22)8-6-15-26(2)16-14-25-24(20)23/h4-5,10-13,18,25H,3,6-9,14-17H2,1-2H3. The maximum atomic E-state index is 5.98. The summed E-state index contributed by atoms with van der Waals surface area (Å²) in [5.74, 6) is 2.87. The van der Waals surface area contributed by atoms with E-state index < -0.39 is 0 Å². The second-order valence-electron chi connectivity index (χ2n) is 7.89. The van der Waals surface area contributed by atoms with Crippen molar-refractivity contribution >= 4 is 17.4 Å². The van der Waals surface area contributed by atoms with Crippen LogP contribution in [0, 0.1) is 0 Å². The maximum absolute atomic E-state index is 5.98. The average Bonchev–Trinajstić information content (AvgIpc) is 2.91. The van der Waals surface area contributed by atoms with Crippen LogP contribution in [0.4, 0.5) is 5.69 Å². The van der Waals surface area contributed by atoms with Crippen LogP contribution in [0.3, 0.4) is 0 Å². The smallest absolute Gasteiger partial charge is 0.127 e. The Morgan fingerprint density at radius 2 is 1.93 bits per heavy atom. The minimum Gasteiger partial charge on any atom is -0.493 e. The van der Waals surface area contributed by atoms with Crippen molar-refractivity contribution in [2.75, 3.05) is 44.4 Å². The van der Waals surface area contributed by atoms with Crippen LogP contribution >= 0.6 is 11.8 Å². The summed E-state index contributed by atoms with van der Waals surface area (Å²) in [6.45, 7) is 6.00. The topological polar surface area (TPSA) is 24.5 Å². The number of nitrogens with one attached hydrogen (secondary N) is 1. The van der Waals surface area contributed by atoms with E-state index in [9.17, 15) is 0 Å². The lowest BCUT2D eigenvalue weighted by atomic mass is 9.86. The van der Waals surface area contributed by atoms with Crippen molar-refractivity contribution in [1.82, 2.24) is 4.90 Å². The molecule has 0 aliphatic carbocycles. The first-order valence-electron chi connectivity index (χ1n) is 10.7. The van der Waals surface area contributed by atoms with Crippen LogP contribution in [-0.4, -0.2) is 43.9 Å². The molecule has 2 aliphatic heterocycles. The Bertz CT molecular complexity index is 807. The van der Waals surface area contributed by atoms with Gasteiger partial charge in [0.15, 0.2) is 0 Å². The van der Waals surface area contributed by atoms with Crippen molar-refractivity contribution < 1.29 is 4.74 Å². The summed E-state index contributed by atoms with van der Waals surface area (Å²) in [6, 6.07) is 13.2. The molecule has 1 atom stereocenters. The molecule has 2 aliphatic rings. The molecule has 28 heavy (non-hydrogen) atoms. The molecule has 2 aromatic carbocycles. The Balaban J connectivity index is 1.85. The molecule has 2 heterocycles. The molecule has 0 amide bonds. The van der Waals surface area contributed by atoms with Gasteiger partial charge in [-0.3, -0.25) is 0 Å². The quantitative estimate of drug-likeness (QED) is 0.702. The van der Waals surface area contributed by atoms with Gasteiger partial charge in [0.05, 0.1) is 6.61 Å². The van der Waals surface area contributed by atoms with Crippen LogP contribution in [0.5, 0.6) is 5.75 Å². The van der Waals surface area contributed by atoms with Crippen LogP contribution in [0.1, 0.15) is 44.1 Å². The number of nitrogens with zero attached hydrogens (tertiary/aromatic N) is 1. The highest BCUT2D eigenvalue weighted by molar-refractivity contribution is 7.99. The van der Waals surface area contributed by atoms with Crippen molar-refractivity contribution in [2.24, 2.45) is 0 Å². The predicted octanol–water partition coefficient (Wildman–Crippen LogP) is 5.86. The summed E-state index contributed by atoms with van der Waals surface area (Å²) in [5, 5.41) is 3.86. The molecule has 0 saturated carbocycles. The third-order valence-electron chi connectivity index (χ3n) is 5.93. The maximum Gasteiger partial charge on any atom is 0.127 e. The van der Waals surface area contributed by atoms with E-state index in [-0.39, 0.29) is 0 Å². The molecule has 1 N–H and O–H groups in total. The summed E-state index contributed by atoms with van der Waals surface area (Å²) in [6.07, 6.45) is 5.17. The highest BCUT2D eigenvalue weighted by Crippen LogP contribution is 2.47. The normalized spacial score (nSPS) is 20.6. The molecule has 0 aromatic heterocycles. The molecular formula is C24H32N2OS. The summed E-state index contributed by atoms with van der Waals surface area (Å²) < 4.78 is 5.98. The van der Waals surface area contributed by atoms with Crippen molar-refractivity contribution in [2.45, 2.75) is 43.4 Å². The van der Waals surface area contributed by atoms with Gasteiger partial charge in [-0.1, -0.05) is 24.3 Å². The lowest BCUT2D eigenvalue weighted by molar-refractivity contribution is 0.328. The second-order valence-corrected chi connectivity index (χ2v) is 9.03. The van der Waals surface area contributed by atoms with E-state index >= 15 is 0 Å². The molecule has 4 rings (SSSR count). The van der Waals surface area contributed by atoms with Gasteiger partial charge < -0.3 is 15.0 Å². The first-order valence-corrected chi connectivity index (χ1v) is 11.7. The average molecular weight is 397 g/mol. The third-order valence-corrected chi connectivity index (χ3v) is 7.09. The van der Waals surface area contributed by atoms with Crippen LogP contribution in [0.2, 0.25) is 0 Å². The van der Waals surface area contributed by atoms with E-state index in [4.69, 9.17) is 4.74 Å². The molecule has 0 fully saturated rings. The minimum absolute atomic E-state index is 0.651. The van der Waals surface area contributed by atoms with E-state index in [0.29, 0.717) is 12.5 Å². The van der Waals surface area contributed by atoms with Crippen molar-refractivity contribution in [1.29, 1.82) is 0 Å². The fourth-order valence-corrected chi connectivity index (χ4v) is 5.67. The van der Waals surface area contributed by atoms with Crippen molar-refractivity contribution in [3.8, 4) is 16.9 Å². The largest absolute Gasteiger partial charge is 0.493 e. The fourth-order valence-electron chi connectivity index (χ4n) is 4.55. The van der Waals surface area contributed by atoms with Gasteiger partial charge in [-0.15, -0.1) is 11.8 Å². The molecule has 3 nitrogen and oxygen atoms in total. The predicted molar refractivity (Wildman–Crippen MR) is 121 cm³/mol. The molecule has 1 unspecified atom stereocenters. The highest BCUT2D eigenvalue weighted by atomic mass is 32.2. The fraction of sp³-hybridized carbons (Fsp3) is 0.500. The Kier molecular flexibility index (Phi) is 6.48. The number of hydrogen-bond acceptors (Lipinski definition) is 4. The van der Waals surface area contributed by atoms with E-state index in [2.05, 4.69) is 60.6 Å². The zero-order chi connectivity index (χ0) is 19.3. The molecule has 150 valence electrons. The monoisotopic (exact) mass is 396 g/mol. The molecular weight excluding hydrogens is 364 g/mol. The van der Waals surface area contributed by atoms with Crippen LogP contribution in [0.15, 0.2) is 41.3 Å². The lowest BCUT2D eigenvalue weighted by Crippen LogP contribution is -2.28. The molecule has 2 aromatic rings. The Hall–Kier alpha value is -1.65. The summed E-state index contributed by atoms with van der Waals surface area (Å²) in [7, 11) is 2.24. The third kappa shape index (κ3) is 4.18. The SMILES string of the molecule is CCOc1ccccc1-c1ccc2c3c1NCCN(C)CCCC3CCCS2. The molecule has 0 spiro atoms. The van der Waals surface area contributed by atoms with E-state index in [1.54, 1.807) is 5.56 Å². The first-order chi connectivity index (χ1) is 13.8. The number of likely N-dealkylation sites (N-methyl/N-ethyl adjacent to an activating group) is 1. The molecule has 0 bridgehead atoms. The molecule has 0 radical (unpaired) electrons. The number of benzene rings is 2. The number of hydrogen-bond donors (Lipinski definition) is 1. The first kappa shape index (κ1) is 19.7. The summed E-state index contributed by atoms with van der Waals surface area (Å²) in [4.78, 5) is 3.94. The minimum atomic E-state index is 0.651.